The molecule has 9 heteroatoms. The van der Waals surface area contributed by atoms with Gasteiger partial charge in [0.25, 0.3) is 11.9 Å². The van der Waals surface area contributed by atoms with Crippen LogP contribution < -0.4 is 15.8 Å². The van der Waals surface area contributed by atoms with E-state index in [2.05, 4.69) is 26.2 Å². The smallest absolute Gasteiger partial charge is 0.279 e. The Morgan fingerprint density at radius 1 is 1.37 bits per heavy atom. The highest BCUT2D eigenvalue weighted by atomic mass is 79.9. The Morgan fingerprint density at radius 2 is 2.13 bits per heavy atom. The molecule has 1 spiro atoms. The predicted molar refractivity (Wildman–Crippen MR) is 115 cm³/mol. The van der Waals surface area contributed by atoms with Gasteiger partial charge in [-0.25, -0.2) is 4.98 Å². The molecule has 158 valence electrons. The standard InChI is InChI=1S/C21H23BrN4O4/c1-20(2)21(10-28-11-21)15(9-29-19(23)24)14-7-13(4-6-17(14)30-20)26-18(27)16-5-3-12(22)8-25-16/h3-8,15H,9-11H2,1-2H3,(H3,23,24)(H,26,27). The van der Waals surface area contributed by atoms with Gasteiger partial charge in [0.2, 0.25) is 0 Å². The van der Waals surface area contributed by atoms with E-state index in [1.54, 1.807) is 24.4 Å². The van der Waals surface area contributed by atoms with Crippen molar-refractivity contribution in [2.45, 2.75) is 25.4 Å². The van der Waals surface area contributed by atoms with Crippen LogP contribution in [0.1, 0.15) is 35.8 Å². The van der Waals surface area contributed by atoms with Crippen molar-refractivity contribution in [3.05, 3.63) is 52.3 Å². The fourth-order valence-electron chi connectivity index (χ4n) is 4.08. The first kappa shape index (κ1) is 20.6. The van der Waals surface area contributed by atoms with Gasteiger partial charge in [-0.15, -0.1) is 0 Å². The van der Waals surface area contributed by atoms with Gasteiger partial charge in [-0.05, 0) is 60.1 Å². The maximum absolute atomic E-state index is 12.6. The summed E-state index contributed by atoms with van der Waals surface area (Å²) in [7, 11) is 0. The minimum Gasteiger partial charge on any atom is -0.487 e. The Hall–Kier alpha value is -2.65. The third-order valence-electron chi connectivity index (χ3n) is 5.96. The molecule has 0 radical (unpaired) electrons. The molecule has 2 aromatic rings. The van der Waals surface area contributed by atoms with Gasteiger partial charge in [0.15, 0.2) is 0 Å². The van der Waals surface area contributed by atoms with E-state index in [9.17, 15) is 4.79 Å². The lowest BCUT2D eigenvalue weighted by Crippen LogP contribution is -2.65. The molecule has 1 atom stereocenters. The zero-order valence-electron chi connectivity index (χ0n) is 16.7. The van der Waals surface area contributed by atoms with Crippen LogP contribution in [-0.4, -0.2) is 42.3 Å². The predicted octanol–water partition coefficient (Wildman–Crippen LogP) is 3.28. The summed E-state index contributed by atoms with van der Waals surface area (Å²) in [6.45, 7) is 5.34. The lowest BCUT2D eigenvalue weighted by atomic mass is 9.60. The molecule has 0 bridgehead atoms. The number of nitrogens with two attached hydrogens (primary N) is 1. The first-order valence-electron chi connectivity index (χ1n) is 9.52. The van der Waals surface area contributed by atoms with Crippen LogP contribution in [0.25, 0.3) is 0 Å². The average molecular weight is 475 g/mol. The van der Waals surface area contributed by atoms with Crippen molar-refractivity contribution in [3.8, 4) is 5.75 Å². The van der Waals surface area contributed by atoms with Gasteiger partial charge in [0.05, 0.1) is 25.2 Å². The molecule has 2 aliphatic rings. The number of amides is 1. The summed E-state index contributed by atoms with van der Waals surface area (Å²) in [6.07, 6.45) is 1.58. The van der Waals surface area contributed by atoms with E-state index in [4.69, 9.17) is 25.4 Å². The largest absolute Gasteiger partial charge is 0.487 e. The van der Waals surface area contributed by atoms with E-state index in [-0.39, 0.29) is 29.9 Å². The number of fused-ring (bicyclic) bond motifs is 1. The van der Waals surface area contributed by atoms with Crippen molar-refractivity contribution in [1.82, 2.24) is 4.98 Å². The van der Waals surface area contributed by atoms with Crippen LogP contribution >= 0.6 is 15.9 Å². The number of nitrogens with zero attached hydrogens (tertiary/aromatic N) is 1. The Kier molecular flexibility index (Phi) is 5.19. The fourth-order valence-corrected chi connectivity index (χ4v) is 4.32. The van der Waals surface area contributed by atoms with Crippen molar-refractivity contribution in [1.29, 1.82) is 5.41 Å². The van der Waals surface area contributed by atoms with Crippen molar-refractivity contribution in [3.63, 3.8) is 0 Å². The fraction of sp³-hybridized carbons (Fsp3) is 0.381. The molecule has 0 saturated carbocycles. The number of halogens is 1. The number of nitrogens with one attached hydrogen (secondary N) is 2. The highest BCUT2D eigenvalue weighted by Crippen LogP contribution is 2.57. The molecule has 1 saturated heterocycles. The second kappa shape index (κ2) is 7.55. The number of amidine groups is 1. The third kappa shape index (κ3) is 3.52. The minimum atomic E-state index is -0.491. The number of carbonyl (C=O) groups is 1. The van der Waals surface area contributed by atoms with Crippen LogP contribution in [0, 0.1) is 10.8 Å². The zero-order chi connectivity index (χ0) is 21.5. The van der Waals surface area contributed by atoms with E-state index in [0.29, 0.717) is 24.6 Å². The normalized spacial score (nSPS) is 20.4. The number of hydrogen-bond acceptors (Lipinski definition) is 6. The van der Waals surface area contributed by atoms with Crippen LogP contribution in [0.3, 0.4) is 0 Å². The number of pyridine rings is 1. The molecule has 1 amide bonds. The number of aromatic nitrogens is 1. The Labute approximate surface area is 182 Å². The quantitative estimate of drug-likeness (QED) is 0.461. The van der Waals surface area contributed by atoms with Crippen LogP contribution in [0.2, 0.25) is 0 Å². The van der Waals surface area contributed by atoms with Gasteiger partial charge in [0.1, 0.15) is 17.0 Å². The molecule has 4 rings (SSSR count). The highest BCUT2D eigenvalue weighted by Gasteiger charge is 2.61. The maximum atomic E-state index is 12.6. The number of anilines is 1. The summed E-state index contributed by atoms with van der Waals surface area (Å²) in [4.78, 5) is 16.7. The molecular formula is C21H23BrN4O4. The van der Waals surface area contributed by atoms with E-state index < -0.39 is 5.60 Å². The number of hydrogen-bond donors (Lipinski definition) is 3. The summed E-state index contributed by atoms with van der Waals surface area (Å²) in [5.41, 5.74) is 6.47. The molecule has 4 N–H and O–H groups in total. The molecule has 3 heterocycles. The van der Waals surface area contributed by atoms with Crippen molar-refractivity contribution < 1.29 is 19.0 Å². The molecule has 1 aromatic heterocycles. The summed E-state index contributed by atoms with van der Waals surface area (Å²) < 4.78 is 18.1. The number of benzene rings is 1. The highest BCUT2D eigenvalue weighted by molar-refractivity contribution is 9.10. The van der Waals surface area contributed by atoms with Crippen LogP contribution in [0.4, 0.5) is 5.69 Å². The van der Waals surface area contributed by atoms with Crippen LogP contribution in [0.15, 0.2) is 41.0 Å². The Balaban J connectivity index is 1.66. The van der Waals surface area contributed by atoms with Gasteiger partial charge in [0, 0.05) is 27.8 Å². The van der Waals surface area contributed by atoms with Gasteiger partial charge in [-0.3, -0.25) is 10.2 Å². The van der Waals surface area contributed by atoms with Crippen LogP contribution in [0.5, 0.6) is 5.75 Å². The van der Waals surface area contributed by atoms with Gasteiger partial charge in [-0.2, -0.15) is 0 Å². The molecule has 30 heavy (non-hydrogen) atoms. The summed E-state index contributed by atoms with van der Waals surface area (Å²) in [5.74, 6) is 0.295. The first-order chi connectivity index (χ1) is 14.2. The lowest BCUT2D eigenvalue weighted by Gasteiger charge is -2.58. The van der Waals surface area contributed by atoms with Gasteiger partial charge < -0.3 is 25.3 Å². The first-order valence-corrected chi connectivity index (χ1v) is 10.3. The topological polar surface area (TPSA) is 120 Å². The maximum Gasteiger partial charge on any atom is 0.279 e. The molecule has 0 aliphatic carbocycles. The van der Waals surface area contributed by atoms with E-state index in [1.165, 1.54) is 0 Å². The van der Waals surface area contributed by atoms with Gasteiger partial charge >= 0.3 is 0 Å². The molecule has 1 aromatic carbocycles. The summed E-state index contributed by atoms with van der Waals surface area (Å²) in [5, 5.41) is 10.4. The van der Waals surface area contributed by atoms with Crippen molar-refractivity contribution >= 4 is 33.5 Å². The third-order valence-corrected chi connectivity index (χ3v) is 6.43. The number of carbonyl (C=O) groups excluding carboxylic acids is 1. The lowest BCUT2D eigenvalue weighted by molar-refractivity contribution is -0.224. The second-order valence-corrected chi connectivity index (χ2v) is 8.97. The second-order valence-electron chi connectivity index (χ2n) is 8.06. The molecule has 1 fully saturated rings. The van der Waals surface area contributed by atoms with E-state index in [1.807, 2.05) is 26.0 Å². The SMILES string of the molecule is CC1(C)Oc2ccc(NC(=O)c3ccc(Br)cn3)cc2C(COC(=N)N)C12COC2. The Morgan fingerprint density at radius 3 is 2.73 bits per heavy atom. The number of rotatable bonds is 4. The van der Waals surface area contributed by atoms with E-state index in [0.717, 1.165) is 15.8 Å². The molecular weight excluding hydrogens is 452 g/mol. The zero-order valence-corrected chi connectivity index (χ0v) is 18.3. The monoisotopic (exact) mass is 474 g/mol. The number of ether oxygens (including phenoxy) is 3. The molecule has 8 nitrogen and oxygen atoms in total. The Bertz CT molecular complexity index is 989. The summed E-state index contributed by atoms with van der Waals surface area (Å²) >= 11 is 3.31. The molecule has 2 aliphatic heterocycles. The molecule has 1 unspecified atom stereocenters. The minimum absolute atomic E-state index is 0.114. The van der Waals surface area contributed by atoms with E-state index >= 15 is 0 Å². The van der Waals surface area contributed by atoms with Crippen LogP contribution in [-0.2, 0) is 9.47 Å². The van der Waals surface area contributed by atoms with Crippen molar-refractivity contribution in [2.75, 3.05) is 25.1 Å². The van der Waals surface area contributed by atoms with Crippen molar-refractivity contribution in [2.24, 2.45) is 11.1 Å². The summed E-state index contributed by atoms with van der Waals surface area (Å²) in [6, 6.07) is 8.60. The average Bonchev–Trinajstić information content (AvgIpc) is 2.64. The van der Waals surface area contributed by atoms with Gasteiger partial charge in [-0.1, -0.05) is 0 Å².